The van der Waals surface area contributed by atoms with Gasteiger partial charge in [-0.1, -0.05) is 0 Å². The van der Waals surface area contributed by atoms with Crippen molar-refractivity contribution in [3.63, 3.8) is 0 Å². The van der Waals surface area contributed by atoms with Crippen molar-refractivity contribution < 1.29 is 19.0 Å². The Morgan fingerprint density at radius 3 is 2.18 bits per heavy atom. The molecule has 1 saturated heterocycles. The Balaban J connectivity index is 2.49. The van der Waals surface area contributed by atoms with Gasteiger partial charge in [0.15, 0.2) is 16.7 Å². The maximum atomic E-state index is 12.2. The van der Waals surface area contributed by atoms with Crippen LogP contribution >= 0.6 is 11.8 Å². The zero-order valence-corrected chi connectivity index (χ0v) is 14.0. The summed E-state index contributed by atoms with van der Waals surface area (Å²) in [6.45, 7) is 0. The van der Waals surface area contributed by atoms with Crippen LogP contribution in [-0.4, -0.2) is 51.4 Å². The number of amides is 1. The molecule has 0 aliphatic carbocycles. The van der Waals surface area contributed by atoms with Crippen molar-refractivity contribution in [2.45, 2.75) is 0 Å². The maximum absolute atomic E-state index is 12.2. The average Bonchev–Trinajstić information content (AvgIpc) is 2.82. The highest BCUT2D eigenvalue weighted by atomic mass is 32.2. The molecule has 1 fully saturated rings. The third-order valence-electron chi connectivity index (χ3n) is 3.22. The number of rotatable bonds is 4. The summed E-state index contributed by atoms with van der Waals surface area (Å²) >= 11 is 1.32. The Hall–Kier alpha value is -2.15. The van der Waals surface area contributed by atoms with Crippen LogP contribution in [0.4, 0.5) is 0 Å². The fourth-order valence-corrected chi connectivity index (χ4v) is 2.97. The summed E-state index contributed by atoms with van der Waals surface area (Å²) in [4.78, 5) is 18.4. The Morgan fingerprint density at radius 1 is 1.09 bits per heavy atom. The molecule has 1 amide bonds. The second kappa shape index (κ2) is 6.74. The van der Waals surface area contributed by atoms with Crippen molar-refractivity contribution in [2.24, 2.45) is 4.99 Å². The van der Waals surface area contributed by atoms with Crippen molar-refractivity contribution in [3.05, 3.63) is 22.6 Å². The molecule has 6 nitrogen and oxygen atoms in total. The summed E-state index contributed by atoms with van der Waals surface area (Å²) in [7, 11) is 8.05. The second-order valence-corrected chi connectivity index (χ2v) is 5.44. The lowest BCUT2D eigenvalue weighted by atomic mass is 10.1. The van der Waals surface area contributed by atoms with Gasteiger partial charge in [-0.05, 0) is 23.9 Å². The minimum absolute atomic E-state index is 0.0950. The molecule has 0 radical (unpaired) electrons. The minimum Gasteiger partial charge on any atom is -0.496 e. The lowest BCUT2D eigenvalue weighted by molar-refractivity contribution is -0.121. The Kier molecular flexibility index (Phi) is 4.97. The van der Waals surface area contributed by atoms with Gasteiger partial charge in [0.1, 0.15) is 5.75 Å². The summed E-state index contributed by atoms with van der Waals surface area (Å²) in [5.74, 6) is 1.65. The van der Waals surface area contributed by atoms with Gasteiger partial charge in [0.25, 0.3) is 5.91 Å². The number of likely N-dealkylation sites (N-methyl/N-ethyl adjacent to an activating group) is 1. The number of methoxy groups -OCH3 is 3. The zero-order chi connectivity index (χ0) is 16.3. The number of nitrogens with zero attached hydrogens (tertiary/aromatic N) is 2. The van der Waals surface area contributed by atoms with Gasteiger partial charge in [-0.3, -0.25) is 14.7 Å². The van der Waals surface area contributed by atoms with Crippen LogP contribution in [-0.2, 0) is 4.79 Å². The summed E-state index contributed by atoms with van der Waals surface area (Å²) in [6, 6.07) is 3.51. The van der Waals surface area contributed by atoms with E-state index in [1.807, 2.05) is 0 Å². The third-order valence-corrected chi connectivity index (χ3v) is 4.37. The third kappa shape index (κ3) is 2.89. The molecule has 1 heterocycles. The van der Waals surface area contributed by atoms with Gasteiger partial charge in [-0.15, -0.1) is 0 Å². The van der Waals surface area contributed by atoms with Crippen molar-refractivity contribution in [1.29, 1.82) is 0 Å². The highest BCUT2D eigenvalue weighted by Gasteiger charge is 2.30. The molecule has 0 N–H and O–H groups in total. The molecule has 118 valence electrons. The SMILES string of the molecule is CN=C1SC(=Cc2cc(OC)c(OC)cc2OC)C(=O)N1C. The first-order valence-corrected chi connectivity index (χ1v) is 7.31. The molecule has 2 rings (SSSR count). The number of ether oxygens (including phenoxy) is 3. The molecule has 7 heteroatoms. The quantitative estimate of drug-likeness (QED) is 0.796. The molecule has 0 bridgehead atoms. The van der Waals surface area contributed by atoms with Gasteiger partial charge in [0.2, 0.25) is 0 Å². The summed E-state index contributed by atoms with van der Waals surface area (Å²) in [5, 5.41) is 0.663. The van der Waals surface area contributed by atoms with Crippen molar-refractivity contribution in [1.82, 2.24) is 4.90 Å². The highest BCUT2D eigenvalue weighted by molar-refractivity contribution is 8.18. The average molecular weight is 322 g/mol. The normalized spacial score (nSPS) is 18.2. The van der Waals surface area contributed by atoms with Crippen LogP contribution in [0.3, 0.4) is 0 Å². The van der Waals surface area contributed by atoms with Gasteiger partial charge < -0.3 is 14.2 Å². The number of benzene rings is 1. The van der Waals surface area contributed by atoms with Gasteiger partial charge in [0, 0.05) is 25.7 Å². The molecule has 0 saturated carbocycles. The van der Waals surface area contributed by atoms with Crippen LogP contribution in [0.25, 0.3) is 6.08 Å². The molecule has 1 aliphatic rings. The summed E-state index contributed by atoms with van der Waals surface area (Å²) in [5.41, 5.74) is 0.738. The van der Waals surface area contributed by atoms with Crippen LogP contribution < -0.4 is 14.2 Å². The van der Waals surface area contributed by atoms with Crippen LogP contribution in [0, 0.1) is 0 Å². The van der Waals surface area contributed by atoms with E-state index in [0.717, 1.165) is 5.56 Å². The first kappa shape index (κ1) is 16.2. The Labute approximate surface area is 133 Å². The number of hydrogen-bond acceptors (Lipinski definition) is 6. The molecule has 0 aromatic heterocycles. The number of amidine groups is 1. The van der Waals surface area contributed by atoms with Crippen LogP contribution in [0.5, 0.6) is 17.2 Å². The van der Waals surface area contributed by atoms with Gasteiger partial charge >= 0.3 is 0 Å². The first-order chi connectivity index (χ1) is 10.5. The lowest BCUT2D eigenvalue weighted by Crippen LogP contribution is -2.23. The van der Waals surface area contributed by atoms with E-state index >= 15 is 0 Å². The van der Waals surface area contributed by atoms with E-state index in [0.29, 0.717) is 27.3 Å². The zero-order valence-electron chi connectivity index (χ0n) is 13.2. The lowest BCUT2D eigenvalue weighted by Gasteiger charge is -2.12. The molecule has 0 unspecified atom stereocenters. The predicted molar refractivity (Wildman–Crippen MR) is 87.8 cm³/mol. The number of aliphatic imine (C=N–C) groups is 1. The maximum Gasteiger partial charge on any atom is 0.266 e. The van der Waals surface area contributed by atoms with E-state index < -0.39 is 0 Å². The monoisotopic (exact) mass is 322 g/mol. The number of carbonyl (C=O) groups is 1. The topological polar surface area (TPSA) is 60.4 Å². The Morgan fingerprint density at radius 2 is 1.68 bits per heavy atom. The minimum atomic E-state index is -0.0950. The molecule has 0 spiro atoms. The highest BCUT2D eigenvalue weighted by Crippen LogP contribution is 2.38. The predicted octanol–water partition coefficient (Wildman–Crippen LogP) is 2.24. The molecule has 1 aliphatic heterocycles. The molecule has 22 heavy (non-hydrogen) atoms. The number of thioether (sulfide) groups is 1. The molecular weight excluding hydrogens is 304 g/mol. The van der Waals surface area contributed by atoms with E-state index in [9.17, 15) is 4.79 Å². The van der Waals surface area contributed by atoms with Gasteiger partial charge in [0.05, 0.1) is 26.2 Å². The smallest absolute Gasteiger partial charge is 0.266 e. The number of carbonyl (C=O) groups excluding carboxylic acids is 1. The van der Waals surface area contributed by atoms with Gasteiger partial charge in [-0.25, -0.2) is 0 Å². The van der Waals surface area contributed by atoms with E-state index in [4.69, 9.17) is 14.2 Å². The largest absolute Gasteiger partial charge is 0.496 e. The van der Waals surface area contributed by atoms with E-state index in [-0.39, 0.29) is 5.91 Å². The Bertz CT molecular complexity index is 655. The van der Waals surface area contributed by atoms with Gasteiger partial charge in [-0.2, -0.15) is 0 Å². The van der Waals surface area contributed by atoms with Crippen LogP contribution in [0.1, 0.15) is 5.56 Å². The fourth-order valence-electron chi connectivity index (χ4n) is 2.06. The summed E-state index contributed by atoms with van der Waals surface area (Å²) in [6.07, 6.45) is 1.77. The van der Waals surface area contributed by atoms with E-state index in [1.54, 1.807) is 53.6 Å². The molecule has 1 aromatic rings. The molecular formula is C15H18N2O4S. The molecule has 0 atom stereocenters. The van der Waals surface area contributed by atoms with Crippen molar-refractivity contribution >= 4 is 28.9 Å². The number of hydrogen-bond donors (Lipinski definition) is 0. The summed E-state index contributed by atoms with van der Waals surface area (Å²) < 4.78 is 15.9. The van der Waals surface area contributed by atoms with E-state index in [1.165, 1.54) is 16.7 Å². The standard InChI is InChI=1S/C15H18N2O4S/c1-16-15-17(2)14(18)13(22-15)7-9-6-11(20-4)12(21-5)8-10(9)19-3/h6-8H,1-5H3. The van der Waals surface area contributed by atoms with Crippen LogP contribution in [0.15, 0.2) is 22.0 Å². The fraction of sp³-hybridized carbons (Fsp3) is 0.333. The van der Waals surface area contributed by atoms with Crippen LogP contribution in [0.2, 0.25) is 0 Å². The molecule has 1 aromatic carbocycles. The second-order valence-electron chi connectivity index (χ2n) is 4.43. The van der Waals surface area contributed by atoms with E-state index in [2.05, 4.69) is 4.99 Å². The van der Waals surface area contributed by atoms with Crippen molar-refractivity contribution in [3.8, 4) is 17.2 Å². The van der Waals surface area contributed by atoms with Crippen molar-refractivity contribution in [2.75, 3.05) is 35.4 Å². The first-order valence-electron chi connectivity index (χ1n) is 6.50.